The van der Waals surface area contributed by atoms with Crippen molar-refractivity contribution in [3.8, 4) is 5.75 Å². The molecule has 0 unspecified atom stereocenters. The largest absolute Gasteiger partial charge is 0.496 e. The summed E-state index contributed by atoms with van der Waals surface area (Å²) >= 11 is 0. The Morgan fingerprint density at radius 2 is 1.84 bits per heavy atom. The number of amides is 2. The smallest absolute Gasteiger partial charge is 0.416 e. The van der Waals surface area contributed by atoms with Crippen LogP contribution in [0.4, 0.5) is 18.9 Å². The molecule has 0 aliphatic rings. The standard InChI is InChI=1S/C19H18F3N3O6/c1-31-15-7-6-13(25(29)30)8-11(15)9-14(17(23)27)24-18(28)16(26)10-2-4-12(5-3-10)19(20,21)22/h2-8,14,16,26H,9H2,1H3,(H2,23,27)(H,24,28)/t14-,16-/m0/s1. The number of ether oxygens (including phenoxy) is 1. The molecule has 0 spiro atoms. The number of benzene rings is 2. The molecular formula is C19H18F3N3O6. The number of hydrogen-bond donors (Lipinski definition) is 3. The molecule has 0 bridgehead atoms. The molecule has 0 heterocycles. The van der Waals surface area contributed by atoms with Crippen LogP contribution in [-0.2, 0) is 22.2 Å². The summed E-state index contributed by atoms with van der Waals surface area (Å²) in [4.78, 5) is 34.5. The molecule has 2 amide bonds. The van der Waals surface area contributed by atoms with Gasteiger partial charge in [0.1, 0.15) is 11.8 Å². The lowest BCUT2D eigenvalue weighted by Gasteiger charge is -2.19. The fraction of sp³-hybridized carbons (Fsp3) is 0.263. The molecule has 166 valence electrons. The number of hydrogen-bond acceptors (Lipinski definition) is 6. The van der Waals surface area contributed by atoms with Crippen LogP contribution in [0, 0.1) is 10.1 Å². The number of rotatable bonds is 8. The number of carbonyl (C=O) groups is 2. The number of methoxy groups -OCH3 is 1. The Balaban J connectivity index is 2.20. The minimum absolute atomic E-state index is 0.137. The zero-order valence-electron chi connectivity index (χ0n) is 16.1. The van der Waals surface area contributed by atoms with E-state index in [-0.39, 0.29) is 29.0 Å². The maximum absolute atomic E-state index is 12.6. The quantitative estimate of drug-likeness (QED) is 0.421. The van der Waals surface area contributed by atoms with Crippen molar-refractivity contribution in [2.45, 2.75) is 24.7 Å². The molecule has 2 aromatic carbocycles. The SMILES string of the molecule is COc1ccc([N+](=O)[O-])cc1C[C@H](NC(=O)[C@@H](O)c1ccc(C(F)(F)F)cc1)C(N)=O. The van der Waals surface area contributed by atoms with Crippen molar-refractivity contribution in [1.29, 1.82) is 0 Å². The summed E-state index contributed by atoms with van der Waals surface area (Å²) < 4.78 is 43.0. The highest BCUT2D eigenvalue weighted by molar-refractivity contribution is 5.89. The summed E-state index contributed by atoms with van der Waals surface area (Å²) in [7, 11) is 1.30. The highest BCUT2D eigenvalue weighted by Crippen LogP contribution is 2.30. The second kappa shape index (κ2) is 9.43. The number of primary amides is 1. The van der Waals surface area contributed by atoms with E-state index in [0.717, 1.165) is 18.2 Å². The fourth-order valence-electron chi connectivity index (χ4n) is 2.74. The Bertz CT molecular complexity index is 979. The summed E-state index contributed by atoms with van der Waals surface area (Å²) in [5, 5.41) is 23.3. The Morgan fingerprint density at radius 3 is 2.32 bits per heavy atom. The molecule has 0 aliphatic carbocycles. The monoisotopic (exact) mass is 441 g/mol. The number of nitro benzene ring substituents is 1. The molecular weight excluding hydrogens is 423 g/mol. The molecule has 31 heavy (non-hydrogen) atoms. The third-order valence-corrected chi connectivity index (χ3v) is 4.36. The number of nitrogens with two attached hydrogens (primary N) is 1. The van der Waals surface area contributed by atoms with Crippen molar-refractivity contribution in [3.05, 3.63) is 69.3 Å². The van der Waals surface area contributed by atoms with Crippen molar-refractivity contribution in [2.24, 2.45) is 5.73 Å². The molecule has 12 heteroatoms. The topological polar surface area (TPSA) is 145 Å². The molecule has 0 aliphatic heterocycles. The summed E-state index contributed by atoms with van der Waals surface area (Å²) in [6, 6.07) is 5.52. The lowest BCUT2D eigenvalue weighted by molar-refractivity contribution is -0.384. The molecule has 0 fully saturated rings. The van der Waals surface area contributed by atoms with Crippen LogP contribution in [0.25, 0.3) is 0 Å². The molecule has 2 aromatic rings. The first-order valence-corrected chi connectivity index (χ1v) is 8.70. The van der Waals surface area contributed by atoms with Crippen LogP contribution in [0.15, 0.2) is 42.5 Å². The lowest BCUT2D eigenvalue weighted by atomic mass is 10.0. The third-order valence-electron chi connectivity index (χ3n) is 4.36. The van der Waals surface area contributed by atoms with Gasteiger partial charge < -0.3 is 20.9 Å². The van der Waals surface area contributed by atoms with Gasteiger partial charge in [-0.15, -0.1) is 0 Å². The molecule has 0 saturated carbocycles. The van der Waals surface area contributed by atoms with Gasteiger partial charge in [0.05, 0.1) is 17.6 Å². The molecule has 0 aromatic heterocycles. The predicted octanol–water partition coefficient (Wildman–Crippen LogP) is 1.87. The van der Waals surface area contributed by atoms with Crippen LogP contribution < -0.4 is 15.8 Å². The summed E-state index contributed by atoms with van der Waals surface area (Å²) in [6.45, 7) is 0. The zero-order valence-corrected chi connectivity index (χ0v) is 16.1. The van der Waals surface area contributed by atoms with E-state index in [0.29, 0.717) is 12.1 Å². The van der Waals surface area contributed by atoms with Gasteiger partial charge in [-0.3, -0.25) is 19.7 Å². The first-order chi connectivity index (χ1) is 14.4. The van der Waals surface area contributed by atoms with Gasteiger partial charge in [-0.2, -0.15) is 13.2 Å². The maximum Gasteiger partial charge on any atom is 0.416 e. The number of alkyl halides is 3. The van der Waals surface area contributed by atoms with E-state index in [1.54, 1.807) is 0 Å². The van der Waals surface area contributed by atoms with Crippen LogP contribution in [0.5, 0.6) is 5.75 Å². The van der Waals surface area contributed by atoms with Gasteiger partial charge >= 0.3 is 6.18 Å². The average Bonchev–Trinajstić information content (AvgIpc) is 2.71. The van der Waals surface area contributed by atoms with E-state index < -0.39 is 40.6 Å². The number of aliphatic hydroxyl groups excluding tert-OH is 1. The van der Waals surface area contributed by atoms with E-state index in [1.165, 1.54) is 19.2 Å². The van der Waals surface area contributed by atoms with Crippen molar-refractivity contribution in [2.75, 3.05) is 7.11 Å². The summed E-state index contributed by atoms with van der Waals surface area (Å²) in [5.41, 5.74) is 4.11. The molecule has 0 radical (unpaired) electrons. The van der Waals surface area contributed by atoms with Gasteiger partial charge in [0, 0.05) is 24.1 Å². The minimum atomic E-state index is -4.58. The first kappa shape index (κ1) is 23.6. The molecule has 2 rings (SSSR count). The second-order valence-corrected chi connectivity index (χ2v) is 6.44. The summed E-state index contributed by atoms with van der Waals surface area (Å²) in [5.74, 6) is -1.89. The highest BCUT2D eigenvalue weighted by atomic mass is 19.4. The second-order valence-electron chi connectivity index (χ2n) is 6.44. The zero-order chi connectivity index (χ0) is 23.3. The van der Waals surface area contributed by atoms with Crippen molar-refractivity contribution in [3.63, 3.8) is 0 Å². The van der Waals surface area contributed by atoms with Gasteiger partial charge in [-0.1, -0.05) is 12.1 Å². The Labute approximate surface area is 173 Å². The van der Waals surface area contributed by atoms with Crippen molar-refractivity contribution >= 4 is 17.5 Å². The normalized spacial score (nSPS) is 13.2. The average molecular weight is 441 g/mol. The summed E-state index contributed by atoms with van der Waals surface area (Å²) in [6.07, 6.45) is -6.75. The van der Waals surface area contributed by atoms with E-state index in [4.69, 9.17) is 10.5 Å². The number of aliphatic hydroxyl groups is 1. The van der Waals surface area contributed by atoms with Crippen molar-refractivity contribution < 1.29 is 37.5 Å². The van der Waals surface area contributed by atoms with E-state index >= 15 is 0 Å². The van der Waals surface area contributed by atoms with Crippen molar-refractivity contribution in [1.82, 2.24) is 5.32 Å². The van der Waals surface area contributed by atoms with Gasteiger partial charge in [0.25, 0.3) is 11.6 Å². The number of nitrogens with zero attached hydrogens (tertiary/aromatic N) is 1. The maximum atomic E-state index is 12.6. The van der Waals surface area contributed by atoms with Gasteiger partial charge in [0.2, 0.25) is 5.91 Å². The van der Waals surface area contributed by atoms with Crippen LogP contribution >= 0.6 is 0 Å². The first-order valence-electron chi connectivity index (χ1n) is 8.70. The van der Waals surface area contributed by atoms with Crippen LogP contribution in [0.1, 0.15) is 22.8 Å². The van der Waals surface area contributed by atoms with Crippen LogP contribution in [0.2, 0.25) is 0 Å². The third kappa shape index (κ3) is 5.92. The van der Waals surface area contributed by atoms with Gasteiger partial charge in [-0.05, 0) is 23.8 Å². The Hall–Kier alpha value is -3.67. The molecule has 0 saturated heterocycles. The molecule has 4 N–H and O–H groups in total. The number of nitrogens with one attached hydrogen (secondary N) is 1. The number of carbonyl (C=O) groups excluding carboxylic acids is 2. The highest BCUT2D eigenvalue weighted by Gasteiger charge is 2.31. The Morgan fingerprint density at radius 1 is 1.23 bits per heavy atom. The van der Waals surface area contributed by atoms with E-state index in [2.05, 4.69) is 5.32 Å². The van der Waals surface area contributed by atoms with E-state index in [1.807, 2.05) is 0 Å². The van der Waals surface area contributed by atoms with Gasteiger partial charge in [-0.25, -0.2) is 0 Å². The minimum Gasteiger partial charge on any atom is -0.496 e. The van der Waals surface area contributed by atoms with Crippen LogP contribution in [-0.4, -0.2) is 35.0 Å². The number of nitro groups is 1. The Kier molecular flexibility index (Phi) is 7.18. The predicted molar refractivity (Wildman–Crippen MR) is 101 cm³/mol. The lowest BCUT2D eigenvalue weighted by Crippen LogP contribution is -2.47. The molecule has 2 atom stereocenters. The van der Waals surface area contributed by atoms with Gasteiger partial charge in [0.15, 0.2) is 6.10 Å². The number of halogens is 3. The fourth-order valence-corrected chi connectivity index (χ4v) is 2.74. The molecule has 9 nitrogen and oxygen atoms in total. The van der Waals surface area contributed by atoms with Crippen LogP contribution in [0.3, 0.4) is 0 Å². The van der Waals surface area contributed by atoms with E-state index in [9.17, 15) is 38.0 Å². The number of non-ortho nitro benzene ring substituents is 1.